The molecule has 1 aliphatic rings. The topological polar surface area (TPSA) is 58.6 Å². The van der Waals surface area contributed by atoms with Crippen LogP contribution in [0.2, 0.25) is 0 Å². The zero-order valence-electron chi connectivity index (χ0n) is 14.5. The molecule has 0 radical (unpaired) electrons. The molecule has 2 aromatic carbocycles. The Labute approximate surface area is 159 Å². The fourth-order valence-corrected chi connectivity index (χ4v) is 3.57. The molecule has 27 heavy (non-hydrogen) atoms. The highest BCUT2D eigenvalue weighted by Crippen LogP contribution is 2.35. The van der Waals surface area contributed by atoms with Gasteiger partial charge in [-0.25, -0.2) is 0 Å². The molecule has 2 amide bonds. The number of nitrogens with one attached hydrogen (secondary N) is 1. The molecular formula is C19H18F2N2O3S. The van der Waals surface area contributed by atoms with Crippen LogP contribution in [0.5, 0.6) is 5.75 Å². The summed E-state index contributed by atoms with van der Waals surface area (Å²) in [6, 6.07) is 13.5. The molecule has 3 rings (SSSR count). The van der Waals surface area contributed by atoms with E-state index in [9.17, 15) is 18.4 Å². The van der Waals surface area contributed by atoms with Crippen LogP contribution >= 0.6 is 11.8 Å². The fraction of sp³-hybridized carbons (Fsp3) is 0.263. The van der Waals surface area contributed by atoms with Crippen molar-refractivity contribution in [1.82, 2.24) is 0 Å². The molecule has 1 atom stereocenters. The molecule has 1 saturated heterocycles. The van der Waals surface area contributed by atoms with Crippen LogP contribution in [0.25, 0.3) is 0 Å². The molecule has 5 nitrogen and oxygen atoms in total. The number of anilines is 2. The van der Waals surface area contributed by atoms with E-state index in [1.54, 1.807) is 42.5 Å². The van der Waals surface area contributed by atoms with E-state index in [2.05, 4.69) is 5.32 Å². The average molecular weight is 392 g/mol. The Bertz CT molecular complexity index is 847. The highest BCUT2D eigenvalue weighted by molar-refractivity contribution is 7.99. The predicted octanol–water partition coefficient (Wildman–Crippen LogP) is 4.00. The fourth-order valence-electron chi connectivity index (χ4n) is 2.97. The Balaban J connectivity index is 1.73. The molecule has 0 spiro atoms. The molecule has 0 saturated carbocycles. The molecular weight excluding hydrogens is 374 g/mol. The lowest BCUT2D eigenvalue weighted by Crippen LogP contribution is -2.28. The molecule has 0 aromatic heterocycles. The SMILES string of the molecule is COc1ccccc1N1CC(C(=O)Nc2ccccc2SC(F)F)CC1=O. The second-order valence-electron chi connectivity index (χ2n) is 5.94. The first kappa shape index (κ1) is 19.2. The summed E-state index contributed by atoms with van der Waals surface area (Å²) in [6.45, 7) is 0.204. The minimum atomic E-state index is -2.59. The number of rotatable bonds is 6. The van der Waals surface area contributed by atoms with Gasteiger partial charge < -0.3 is 15.0 Å². The third-order valence-corrected chi connectivity index (χ3v) is 5.02. The Morgan fingerprint density at radius 2 is 1.93 bits per heavy atom. The smallest absolute Gasteiger partial charge is 0.288 e. The van der Waals surface area contributed by atoms with Crippen LogP contribution in [0.3, 0.4) is 0 Å². The zero-order valence-corrected chi connectivity index (χ0v) is 15.3. The van der Waals surface area contributed by atoms with Gasteiger partial charge in [-0.1, -0.05) is 36.0 Å². The number of benzene rings is 2. The maximum atomic E-state index is 12.7. The van der Waals surface area contributed by atoms with Crippen molar-refractivity contribution in [3.63, 3.8) is 0 Å². The maximum absolute atomic E-state index is 12.7. The van der Waals surface area contributed by atoms with Gasteiger partial charge in [-0.15, -0.1) is 0 Å². The summed E-state index contributed by atoms with van der Waals surface area (Å²) in [6.07, 6.45) is 0.0496. The Kier molecular flexibility index (Phi) is 5.95. The first-order chi connectivity index (χ1) is 13.0. The van der Waals surface area contributed by atoms with Gasteiger partial charge in [-0.2, -0.15) is 8.78 Å². The number of methoxy groups -OCH3 is 1. The van der Waals surface area contributed by atoms with Gasteiger partial charge in [0.15, 0.2) is 0 Å². The molecule has 1 unspecified atom stereocenters. The van der Waals surface area contributed by atoms with Crippen molar-refractivity contribution in [2.24, 2.45) is 5.92 Å². The third-order valence-electron chi connectivity index (χ3n) is 4.23. The number of para-hydroxylation sites is 3. The number of hydrogen-bond donors (Lipinski definition) is 1. The minimum Gasteiger partial charge on any atom is -0.495 e. The third kappa shape index (κ3) is 4.39. The van der Waals surface area contributed by atoms with Gasteiger partial charge in [0, 0.05) is 17.9 Å². The van der Waals surface area contributed by atoms with Crippen LogP contribution < -0.4 is 15.0 Å². The summed E-state index contributed by atoms with van der Waals surface area (Å²) < 4.78 is 30.7. The Hall–Kier alpha value is -2.61. The number of nitrogens with zero attached hydrogens (tertiary/aromatic N) is 1. The number of amides is 2. The standard InChI is InChI=1S/C19H18F2N2O3S/c1-26-15-8-4-3-7-14(15)23-11-12(10-17(23)24)18(25)22-13-6-2-5-9-16(13)27-19(20)21/h2-9,12,19H,10-11H2,1H3,(H,22,25). The Morgan fingerprint density at radius 1 is 1.22 bits per heavy atom. The molecule has 1 aliphatic heterocycles. The van der Waals surface area contributed by atoms with Gasteiger partial charge >= 0.3 is 0 Å². The van der Waals surface area contributed by atoms with Gasteiger partial charge in [0.05, 0.1) is 24.4 Å². The Morgan fingerprint density at radius 3 is 2.67 bits per heavy atom. The second-order valence-corrected chi connectivity index (χ2v) is 6.97. The molecule has 8 heteroatoms. The lowest BCUT2D eigenvalue weighted by Gasteiger charge is -2.19. The molecule has 1 N–H and O–H groups in total. The number of hydrogen-bond acceptors (Lipinski definition) is 4. The molecule has 2 aromatic rings. The van der Waals surface area contributed by atoms with Crippen molar-refractivity contribution >= 4 is 35.0 Å². The van der Waals surface area contributed by atoms with E-state index in [1.807, 2.05) is 0 Å². The van der Waals surface area contributed by atoms with Gasteiger partial charge in [0.2, 0.25) is 11.8 Å². The molecule has 1 heterocycles. The highest BCUT2D eigenvalue weighted by Gasteiger charge is 2.36. The number of carbonyl (C=O) groups excluding carboxylic acids is 2. The largest absolute Gasteiger partial charge is 0.495 e. The average Bonchev–Trinajstić information content (AvgIpc) is 3.04. The van der Waals surface area contributed by atoms with Crippen LogP contribution in [0.15, 0.2) is 53.4 Å². The van der Waals surface area contributed by atoms with E-state index >= 15 is 0 Å². The van der Waals surface area contributed by atoms with Crippen LogP contribution in [-0.2, 0) is 9.59 Å². The van der Waals surface area contributed by atoms with Crippen molar-refractivity contribution in [2.45, 2.75) is 17.1 Å². The summed E-state index contributed by atoms with van der Waals surface area (Å²) in [5.74, 6) is -3.17. The van der Waals surface area contributed by atoms with Crippen LogP contribution in [0.1, 0.15) is 6.42 Å². The quantitative estimate of drug-likeness (QED) is 0.755. The minimum absolute atomic E-state index is 0.0496. The first-order valence-electron chi connectivity index (χ1n) is 8.27. The summed E-state index contributed by atoms with van der Waals surface area (Å²) in [5, 5.41) is 2.68. The second kappa shape index (κ2) is 8.39. The van der Waals surface area contributed by atoms with Crippen molar-refractivity contribution in [2.75, 3.05) is 23.9 Å². The number of halogens is 2. The summed E-state index contributed by atoms with van der Waals surface area (Å²) in [7, 11) is 1.52. The molecule has 0 bridgehead atoms. The van der Waals surface area contributed by atoms with Gasteiger partial charge in [-0.05, 0) is 24.3 Å². The number of thioether (sulfide) groups is 1. The monoisotopic (exact) mass is 392 g/mol. The molecule has 0 aliphatic carbocycles. The zero-order chi connectivity index (χ0) is 19.4. The van der Waals surface area contributed by atoms with Crippen LogP contribution in [-0.4, -0.2) is 31.2 Å². The maximum Gasteiger partial charge on any atom is 0.288 e. The normalized spacial score (nSPS) is 16.7. The molecule has 1 fully saturated rings. The number of carbonyl (C=O) groups is 2. The van der Waals surface area contributed by atoms with Crippen molar-refractivity contribution in [3.8, 4) is 5.75 Å². The summed E-state index contributed by atoms with van der Waals surface area (Å²) >= 11 is 0.371. The van der Waals surface area contributed by atoms with Crippen molar-refractivity contribution in [1.29, 1.82) is 0 Å². The van der Waals surface area contributed by atoms with Gasteiger partial charge in [0.25, 0.3) is 5.76 Å². The lowest BCUT2D eigenvalue weighted by molar-refractivity contribution is -0.122. The number of alkyl halides is 2. The van der Waals surface area contributed by atoms with E-state index in [0.717, 1.165) is 0 Å². The summed E-state index contributed by atoms with van der Waals surface area (Å²) in [5.41, 5.74) is 0.921. The van der Waals surface area contributed by atoms with Crippen LogP contribution in [0.4, 0.5) is 20.2 Å². The number of ether oxygens (including phenoxy) is 1. The van der Waals surface area contributed by atoms with E-state index in [0.29, 0.717) is 28.9 Å². The summed E-state index contributed by atoms with van der Waals surface area (Å²) in [4.78, 5) is 26.8. The molecule has 142 valence electrons. The lowest BCUT2D eigenvalue weighted by atomic mass is 10.1. The predicted molar refractivity (Wildman–Crippen MR) is 100 cm³/mol. The van der Waals surface area contributed by atoms with E-state index in [4.69, 9.17) is 4.74 Å². The van der Waals surface area contributed by atoms with Crippen LogP contribution in [0, 0.1) is 5.92 Å². The van der Waals surface area contributed by atoms with Gasteiger partial charge in [0.1, 0.15) is 5.75 Å². The highest BCUT2D eigenvalue weighted by atomic mass is 32.2. The van der Waals surface area contributed by atoms with Crippen molar-refractivity contribution < 1.29 is 23.1 Å². The van der Waals surface area contributed by atoms with Crippen molar-refractivity contribution in [3.05, 3.63) is 48.5 Å². The van der Waals surface area contributed by atoms with E-state index in [1.165, 1.54) is 18.1 Å². The van der Waals surface area contributed by atoms with E-state index < -0.39 is 11.7 Å². The van der Waals surface area contributed by atoms with Gasteiger partial charge in [-0.3, -0.25) is 9.59 Å². The van der Waals surface area contributed by atoms with E-state index in [-0.39, 0.29) is 29.7 Å². The first-order valence-corrected chi connectivity index (χ1v) is 9.15.